The zero-order chi connectivity index (χ0) is 9.19. The smallest absolute Gasteiger partial charge is 0.223 e. The summed E-state index contributed by atoms with van der Waals surface area (Å²) in [5, 5.41) is 7.12. The van der Waals surface area contributed by atoms with Crippen LogP contribution in [0.15, 0.2) is 4.52 Å². The Morgan fingerprint density at radius 3 is 2.58 bits per heavy atom. The zero-order valence-electron chi connectivity index (χ0n) is 8.01. The Kier molecular flexibility index (Phi) is 2.47. The second-order valence-electron chi connectivity index (χ2n) is 3.29. The van der Waals surface area contributed by atoms with E-state index in [0.717, 1.165) is 6.54 Å². The van der Waals surface area contributed by atoms with E-state index in [-0.39, 0.29) is 5.54 Å². The van der Waals surface area contributed by atoms with Crippen LogP contribution in [0.1, 0.15) is 32.5 Å². The maximum Gasteiger partial charge on any atom is 0.223 e. The van der Waals surface area contributed by atoms with Gasteiger partial charge in [0.1, 0.15) is 0 Å². The van der Waals surface area contributed by atoms with Crippen molar-refractivity contribution in [1.29, 1.82) is 0 Å². The van der Waals surface area contributed by atoms with Crippen LogP contribution in [0.25, 0.3) is 0 Å². The fourth-order valence-electron chi connectivity index (χ4n) is 1.07. The van der Waals surface area contributed by atoms with Crippen LogP contribution in [0.4, 0.5) is 0 Å². The topological polar surface area (TPSA) is 51.0 Å². The SMILES string of the molecule is CCNC(C)(C)c1noc(C)n1. The van der Waals surface area contributed by atoms with E-state index in [1.165, 1.54) is 0 Å². The van der Waals surface area contributed by atoms with Gasteiger partial charge in [-0.2, -0.15) is 4.98 Å². The summed E-state index contributed by atoms with van der Waals surface area (Å²) in [6.45, 7) is 8.79. The molecule has 1 aromatic heterocycles. The highest BCUT2D eigenvalue weighted by Gasteiger charge is 2.24. The molecule has 4 nitrogen and oxygen atoms in total. The van der Waals surface area contributed by atoms with Gasteiger partial charge in [0.15, 0.2) is 5.82 Å². The first-order valence-corrected chi connectivity index (χ1v) is 4.12. The first kappa shape index (κ1) is 9.19. The van der Waals surface area contributed by atoms with Gasteiger partial charge in [0.2, 0.25) is 5.89 Å². The molecule has 0 amide bonds. The van der Waals surface area contributed by atoms with Crippen molar-refractivity contribution in [2.75, 3.05) is 6.54 Å². The molecule has 1 heterocycles. The van der Waals surface area contributed by atoms with E-state index in [9.17, 15) is 0 Å². The van der Waals surface area contributed by atoms with E-state index >= 15 is 0 Å². The van der Waals surface area contributed by atoms with Gasteiger partial charge in [-0.3, -0.25) is 0 Å². The lowest BCUT2D eigenvalue weighted by Crippen LogP contribution is -2.37. The van der Waals surface area contributed by atoms with Crippen molar-refractivity contribution in [1.82, 2.24) is 15.5 Å². The number of aromatic nitrogens is 2. The van der Waals surface area contributed by atoms with Crippen LogP contribution in [0.5, 0.6) is 0 Å². The van der Waals surface area contributed by atoms with E-state index in [1.807, 2.05) is 13.8 Å². The Morgan fingerprint density at radius 2 is 2.17 bits per heavy atom. The molecule has 68 valence electrons. The molecule has 0 spiro atoms. The minimum atomic E-state index is -0.202. The molecule has 1 N–H and O–H groups in total. The number of nitrogens with one attached hydrogen (secondary N) is 1. The molecule has 0 saturated heterocycles. The molecule has 0 radical (unpaired) electrons. The van der Waals surface area contributed by atoms with Crippen molar-refractivity contribution in [2.24, 2.45) is 0 Å². The van der Waals surface area contributed by atoms with E-state index in [0.29, 0.717) is 11.7 Å². The number of rotatable bonds is 3. The van der Waals surface area contributed by atoms with Crippen molar-refractivity contribution >= 4 is 0 Å². The van der Waals surface area contributed by atoms with Crippen molar-refractivity contribution < 1.29 is 4.52 Å². The van der Waals surface area contributed by atoms with Crippen LogP contribution in [0.2, 0.25) is 0 Å². The summed E-state index contributed by atoms with van der Waals surface area (Å²) in [4.78, 5) is 4.16. The molecule has 4 heteroatoms. The summed E-state index contributed by atoms with van der Waals surface area (Å²) < 4.78 is 4.90. The fraction of sp³-hybridized carbons (Fsp3) is 0.750. The summed E-state index contributed by atoms with van der Waals surface area (Å²) in [6.07, 6.45) is 0. The highest BCUT2D eigenvalue weighted by atomic mass is 16.5. The van der Waals surface area contributed by atoms with E-state index < -0.39 is 0 Å². The largest absolute Gasteiger partial charge is 0.340 e. The van der Waals surface area contributed by atoms with Gasteiger partial charge in [-0.05, 0) is 20.4 Å². The van der Waals surface area contributed by atoms with E-state index in [1.54, 1.807) is 6.92 Å². The quantitative estimate of drug-likeness (QED) is 0.739. The van der Waals surface area contributed by atoms with Crippen LogP contribution in [-0.4, -0.2) is 16.7 Å². The minimum Gasteiger partial charge on any atom is -0.340 e. The number of aryl methyl sites for hydroxylation is 1. The second-order valence-corrected chi connectivity index (χ2v) is 3.29. The lowest BCUT2D eigenvalue weighted by molar-refractivity contribution is 0.343. The molecule has 1 rings (SSSR count). The predicted octanol–water partition coefficient (Wildman–Crippen LogP) is 1.22. The summed E-state index contributed by atoms with van der Waals surface area (Å²) in [5.41, 5.74) is -0.202. The Balaban J connectivity index is 2.81. The molecule has 0 aliphatic heterocycles. The number of nitrogens with zero attached hydrogens (tertiary/aromatic N) is 2. The average molecular weight is 169 g/mol. The lowest BCUT2D eigenvalue weighted by Gasteiger charge is -2.20. The molecule has 12 heavy (non-hydrogen) atoms. The van der Waals surface area contributed by atoms with E-state index in [2.05, 4.69) is 22.4 Å². The molecule has 0 fully saturated rings. The normalized spacial score (nSPS) is 12.0. The molecule has 0 aliphatic carbocycles. The highest BCUT2D eigenvalue weighted by Crippen LogP contribution is 2.15. The zero-order valence-corrected chi connectivity index (χ0v) is 8.01. The number of hydrogen-bond acceptors (Lipinski definition) is 4. The van der Waals surface area contributed by atoms with Gasteiger partial charge in [0.05, 0.1) is 5.54 Å². The van der Waals surface area contributed by atoms with Gasteiger partial charge < -0.3 is 9.84 Å². The lowest BCUT2D eigenvalue weighted by atomic mass is 10.1. The van der Waals surface area contributed by atoms with Crippen LogP contribution in [0.3, 0.4) is 0 Å². The first-order valence-electron chi connectivity index (χ1n) is 4.12. The third-order valence-corrected chi connectivity index (χ3v) is 1.71. The van der Waals surface area contributed by atoms with Crippen LogP contribution < -0.4 is 5.32 Å². The molecule has 0 unspecified atom stereocenters. The average Bonchev–Trinajstić information content (AvgIpc) is 2.36. The van der Waals surface area contributed by atoms with E-state index in [4.69, 9.17) is 4.52 Å². The first-order chi connectivity index (χ1) is 5.56. The molecule has 0 atom stereocenters. The number of hydrogen-bond donors (Lipinski definition) is 1. The third kappa shape index (κ3) is 1.82. The minimum absolute atomic E-state index is 0.202. The van der Waals surface area contributed by atoms with Crippen LogP contribution in [0, 0.1) is 6.92 Å². The predicted molar refractivity (Wildman–Crippen MR) is 45.7 cm³/mol. The molecule has 0 bridgehead atoms. The standard InChI is InChI=1S/C8H15N3O/c1-5-9-8(3,4)7-10-6(2)12-11-7/h9H,5H2,1-4H3. The summed E-state index contributed by atoms with van der Waals surface area (Å²) in [7, 11) is 0. The Bertz CT molecular complexity index is 255. The summed E-state index contributed by atoms with van der Waals surface area (Å²) in [6, 6.07) is 0. The third-order valence-electron chi connectivity index (χ3n) is 1.71. The summed E-state index contributed by atoms with van der Waals surface area (Å²) in [5.74, 6) is 1.32. The fourth-order valence-corrected chi connectivity index (χ4v) is 1.07. The summed E-state index contributed by atoms with van der Waals surface area (Å²) >= 11 is 0. The van der Waals surface area contributed by atoms with Crippen LogP contribution in [-0.2, 0) is 5.54 Å². The van der Waals surface area contributed by atoms with Gasteiger partial charge in [-0.15, -0.1) is 0 Å². The molecule has 0 aliphatic rings. The maximum absolute atomic E-state index is 4.90. The maximum atomic E-state index is 4.90. The van der Waals surface area contributed by atoms with Gasteiger partial charge in [-0.1, -0.05) is 12.1 Å². The van der Waals surface area contributed by atoms with Crippen molar-refractivity contribution in [3.05, 3.63) is 11.7 Å². The van der Waals surface area contributed by atoms with Crippen LogP contribution >= 0.6 is 0 Å². The Hall–Kier alpha value is -0.900. The molecule has 0 aromatic carbocycles. The molecule has 1 aromatic rings. The van der Waals surface area contributed by atoms with Crippen molar-refractivity contribution in [3.8, 4) is 0 Å². The van der Waals surface area contributed by atoms with Gasteiger partial charge in [0.25, 0.3) is 0 Å². The van der Waals surface area contributed by atoms with Gasteiger partial charge in [-0.25, -0.2) is 0 Å². The van der Waals surface area contributed by atoms with Gasteiger partial charge >= 0.3 is 0 Å². The second kappa shape index (κ2) is 3.23. The Morgan fingerprint density at radius 1 is 1.50 bits per heavy atom. The molecule has 0 saturated carbocycles. The molecular formula is C8H15N3O. The molecular weight excluding hydrogens is 154 g/mol. The van der Waals surface area contributed by atoms with Crippen molar-refractivity contribution in [2.45, 2.75) is 33.2 Å². The van der Waals surface area contributed by atoms with Gasteiger partial charge in [0, 0.05) is 6.92 Å². The monoisotopic (exact) mass is 169 g/mol. The highest BCUT2D eigenvalue weighted by molar-refractivity contribution is 4.99. The Labute approximate surface area is 72.4 Å². The van der Waals surface area contributed by atoms with Crippen molar-refractivity contribution in [3.63, 3.8) is 0 Å².